The fraction of sp³-hybridized carbons (Fsp3) is 0.500. The third kappa shape index (κ3) is 2.82. The minimum Gasteiger partial charge on any atom is -0.491 e. The molecule has 1 amide bonds. The molecular formula is C14H20N2O2. The second-order valence-electron chi connectivity index (χ2n) is 4.87. The van der Waals surface area contributed by atoms with E-state index in [0.29, 0.717) is 13.0 Å². The topological polar surface area (TPSA) is 55.6 Å². The molecule has 0 aliphatic carbocycles. The van der Waals surface area contributed by atoms with Crippen molar-refractivity contribution in [3.63, 3.8) is 0 Å². The fourth-order valence-electron chi connectivity index (χ4n) is 2.05. The van der Waals surface area contributed by atoms with Crippen LogP contribution in [0.15, 0.2) is 18.2 Å². The van der Waals surface area contributed by atoms with Crippen molar-refractivity contribution in [2.75, 3.05) is 18.6 Å². The van der Waals surface area contributed by atoms with Crippen LogP contribution in [0.25, 0.3) is 0 Å². The van der Waals surface area contributed by atoms with Crippen LogP contribution >= 0.6 is 0 Å². The van der Waals surface area contributed by atoms with Gasteiger partial charge < -0.3 is 15.4 Å². The van der Waals surface area contributed by atoms with Gasteiger partial charge in [0.05, 0.1) is 18.7 Å². The van der Waals surface area contributed by atoms with Crippen LogP contribution in [0.5, 0.6) is 5.75 Å². The van der Waals surface area contributed by atoms with Crippen molar-refractivity contribution >= 4 is 11.6 Å². The van der Waals surface area contributed by atoms with Crippen molar-refractivity contribution < 1.29 is 9.53 Å². The minimum atomic E-state index is 0.0955. The van der Waals surface area contributed by atoms with Gasteiger partial charge in [-0.1, -0.05) is 6.07 Å². The summed E-state index contributed by atoms with van der Waals surface area (Å²) >= 11 is 0. The predicted octanol–water partition coefficient (Wildman–Crippen LogP) is 1.71. The molecule has 2 N–H and O–H groups in total. The van der Waals surface area contributed by atoms with Crippen LogP contribution in [0.1, 0.15) is 25.3 Å². The van der Waals surface area contributed by atoms with Gasteiger partial charge in [-0.2, -0.15) is 0 Å². The standard InChI is InChI=1S/C14H20N2O2/c1-10(15)3-4-11-5-6-13-12(9-11)16(2)14(17)7-8-18-13/h5-6,9-10H,3-4,7-8,15H2,1-2H3. The Labute approximate surface area is 108 Å². The zero-order valence-electron chi connectivity index (χ0n) is 11.0. The Hall–Kier alpha value is -1.55. The van der Waals surface area contributed by atoms with Crippen LogP contribution in [0.4, 0.5) is 5.69 Å². The van der Waals surface area contributed by atoms with Gasteiger partial charge in [0.2, 0.25) is 5.91 Å². The molecule has 18 heavy (non-hydrogen) atoms. The monoisotopic (exact) mass is 248 g/mol. The number of nitrogens with two attached hydrogens (primary N) is 1. The maximum absolute atomic E-state index is 11.8. The van der Waals surface area contributed by atoms with Crippen LogP contribution in [0.2, 0.25) is 0 Å². The first kappa shape index (κ1) is 12.9. The van der Waals surface area contributed by atoms with E-state index in [1.165, 1.54) is 5.56 Å². The van der Waals surface area contributed by atoms with Crippen LogP contribution in [0, 0.1) is 0 Å². The van der Waals surface area contributed by atoms with Gasteiger partial charge in [0.15, 0.2) is 0 Å². The Morgan fingerprint density at radius 3 is 3.00 bits per heavy atom. The van der Waals surface area contributed by atoms with Crippen molar-refractivity contribution in [2.45, 2.75) is 32.2 Å². The zero-order valence-corrected chi connectivity index (χ0v) is 11.0. The van der Waals surface area contributed by atoms with E-state index >= 15 is 0 Å². The number of hydrogen-bond donors (Lipinski definition) is 1. The summed E-state index contributed by atoms with van der Waals surface area (Å²) in [6.07, 6.45) is 2.30. The number of nitrogens with zero attached hydrogens (tertiary/aromatic N) is 1. The summed E-state index contributed by atoms with van der Waals surface area (Å²) in [6.45, 7) is 2.46. The number of carbonyl (C=O) groups excluding carboxylic acids is 1. The Balaban J connectivity index is 2.23. The van der Waals surface area contributed by atoms with Crippen molar-refractivity contribution in [1.29, 1.82) is 0 Å². The van der Waals surface area contributed by atoms with Gasteiger partial charge in [-0.25, -0.2) is 0 Å². The van der Waals surface area contributed by atoms with Gasteiger partial charge in [-0.15, -0.1) is 0 Å². The number of carbonyl (C=O) groups is 1. The fourth-order valence-corrected chi connectivity index (χ4v) is 2.05. The first-order valence-electron chi connectivity index (χ1n) is 6.36. The molecule has 0 saturated heterocycles. The third-order valence-corrected chi connectivity index (χ3v) is 3.22. The van der Waals surface area contributed by atoms with Gasteiger partial charge in [-0.3, -0.25) is 4.79 Å². The third-order valence-electron chi connectivity index (χ3n) is 3.22. The number of fused-ring (bicyclic) bond motifs is 1. The van der Waals surface area contributed by atoms with Gasteiger partial charge in [0.1, 0.15) is 5.75 Å². The maximum Gasteiger partial charge on any atom is 0.230 e. The smallest absolute Gasteiger partial charge is 0.230 e. The van der Waals surface area contributed by atoms with Crippen molar-refractivity contribution in [3.8, 4) is 5.75 Å². The van der Waals surface area contributed by atoms with Gasteiger partial charge in [-0.05, 0) is 37.5 Å². The second kappa shape index (κ2) is 5.40. The van der Waals surface area contributed by atoms with Crippen LogP contribution in [-0.4, -0.2) is 25.6 Å². The molecular weight excluding hydrogens is 228 g/mol. The average Bonchev–Trinajstić information content (AvgIpc) is 2.48. The summed E-state index contributed by atoms with van der Waals surface area (Å²) in [4.78, 5) is 13.5. The summed E-state index contributed by atoms with van der Waals surface area (Å²) < 4.78 is 5.58. The number of rotatable bonds is 3. The number of anilines is 1. The number of aryl methyl sites for hydroxylation is 1. The molecule has 2 rings (SSSR count). The molecule has 0 bridgehead atoms. The number of benzene rings is 1. The largest absolute Gasteiger partial charge is 0.491 e. The SMILES string of the molecule is CC(N)CCc1ccc2c(c1)N(C)C(=O)CCO2. The molecule has 98 valence electrons. The molecule has 1 atom stereocenters. The maximum atomic E-state index is 11.8. The lowest BCUT2D eigenvalue weighted by Gasteiger charge is -2.17. The van der Waals surface area contributed by atoms with Crippen molar-refractivity contribution in [2.24, 2.45) is 5.73 Å². The van der Waals surface area contributed by atoms with E-state index in [4.69, 9.17) is 10.5 Å². The summed E-state index contributed by atoms with van der Waals surface area (Å²) in [5.41, 5.74) is 7.81. The molecule has 0 saturated carbocycles. The highest BCUT2D eigenvalue weighted by Gasteiger charge is 2.19. The molecule has 4 nitrogen and oxygen atoms in total. The van der Waals surface area contributed by atoms with Crippen molar-refractivity contribution in [3.05, 3.63) is 23.8 Å². The van der Waals surface area contributed by atoms with Gasteiger partial charge in [0.25, 0.3) is 0 Å². The molecule has 4 heteroatoms. The van der Waals surface area contributed by atoms with E-state index in [1.54, 1.807) is 11.9 Å². The van der Waals surface area contributed by atoms with E-state index in [2.05, 4.69) is 0 Å². The van der Waals surface area contributed by atoms with Crippen LogP contribution in [-0.2, 0) is 11.2 Å². The summed E-state index contributed by atoms with van der Waals surface area (Å²) in [7, 11) is 1.80. The number of ether oxygens (including phenoxy) is 1. The van der Waals surface area contributed by atoms with E-state index < -0.39 is 0 Å². The molecule has 1 aliphatic heterocycles. The van der Waals surface area contributed by atoms with Gasteiger partial charge >= 0.3 is 0 Å². The molecule has 1 aromatic rings. The molecule has 1 aromatic carbocycles. The highest BCUT2D eigenvalue weighted by Crippen LogP contribution is 2.31. The lowest BCUT2D eigenvalue weighted by atomic mass is 10.1. The zero-order chi connectivity index (χ0) is 13.1. The molecule has 1 heterocycles. The lowest BCUT2D eigenvalue weighted by molar-refractivity contribution is -0.118. The molecule has 1 aliphatic rings. The van der Waals surface area contributed by atoms with Crippen LogP contribution < -0.4 is 15.4 Å². The Kier molecular flexibility index (Phi) is 3.87. The lowest BCUT2D eigenvalue weighted by Crippen LogP contribution is -2.25. The highest BCUT2D eigenvalue weighted by molar-refractivity contribution is 5.95. The van der Waals surface area contributed by atoms with Crippen molar-refractivity contribution in [1.82, 2.24) is 0 Å². The highest BCUT2D eigenvalue weighted by atomic mass is 16.5. The number of amides is 1. The van der Waals surface area contributed by atoms with Crippen LogP contribution in [0.3, 0.4) is 0 Å². The quantitative estimate of drug-likeness (QED) is 0.886. The molecule has 0 fully saturated rings. The number of hydrogen-bond acceptors (Lipinski definition) is 3. The summed E-state index contributed by atoms with van der Waals surface area (Å²) in [5.74, 6) is 0.881. The summed E-state index contributed by atoms with van der Waals surface area (Å²) in [5, 5.41) is 0. The second-order valence-corrected chi connectivity index (χ2v) is 4.87. The average molecular weight is 248 g/mol. The van der Waals surface area contributed by atoms with E-state index in [0.717, 1.165) is 24.3 Å². The normalized spacial score (nSPS) is 16.8. The Bertz CT molecular complexity index is 443. The molecule has 1 unspecified atom stereocenters. The Morgan fingerprint density at radius 2 is 2.28 bits per heavy atom. The Morgan fingerprint density at radius 1 is 1.50 bits per heavy atom. The van der Waals surface area contributed by atoms with E-state index in [1.807, 2.05) is 25.1 Å². The predicted molar refractivity (Wildman–Crippen MR) is 71.9 cm³/mol. The first-order valence-corrected chi connectivity index (χ1v) is 6.36. The minimum absolute atomic E-state index is 0.0955. The summed E-state index contributed by atoms with van der Waals surface area (Å²) in [6, 6.07) is 6.21. The van der Waals surface area contributed by atoms with Gasteiger partial charge in [0, 0.05) is 13.1 Å². The first-order chi connectivity index (χ1) is 8.58. The van der Waals surface area contributed by atoms with E-state index in [9.17, 15) is 4.79 Å². The molecule has 0 radical (unpaired) electrons. The molecule has 0 aromatic heterocycles. The van der Waals surface area contributed by atoms with E-state index in [-0.39, 0.29) is 11.9 Å². The molecule has 0 spiro atoms.